The van der Waals surface area contributed by atoms with Crippen molar-refractivity contribution in [1.82, 2.24) is 4.98 Å². The van der Waals surface area contributed by atoms with E-state index in [1.807, 2.05) is 36.4 Å². The summed E-state index contributed by atoms with van der Waals surface area (Å²) in [6.45, 7) is 0. The molecule has 3 aromatic carbocycles. The first kappa shape index (κ1) is 22.0. The van der Waals surface area contributed by atoms with Crippen LogP contribution in [-0.2, 0) is 0 Å². The van der Waals surface area contributed by atoms with Crippen LogP contribution >= 0.6 is 11.6 Å². The number of carbonyl (C=O) groups is 2. The van der Waals surface area contributed by atoms with Crippen LogP contribution in [0.25, 0.3) is 22.0 Å². The molecule has 143 valence electrons. The van der Waals surface area contributed by atoms with E-state index in [4.69, 9.17) is 11.6 Å². The SMILES string of the molecule is O=C(Nc1ccc(Cl)cc1C(=O)O)c1cccc(-c2cccc3cccnc23)c1.[Na]. The van der Waals surface area contributed by atoms with Crippen molar-refractivity contribution in [2.24, 2.45) is 0 Å². The Morgan fingerprint density at radius 3 is 2.50 bits per heavy atom. The molecule has 0 spiro atoms. The summed E-state index contributed by atoms with van der Waals surface area (Å²) in [5, 5.41) is 13.3. The minimum atomic E-state index is -1.17. The molecule has 0 aliphatic heterocycles. The number of aromatic nitrogens is 1. The number of aromatic carboxylic acids is 1. The molecule has 1 radical (unpaired) electrons. The van der Waals surface area contributed by atoms with Gasteiger partial charge in [-0.2, -0.15) is 0 Å². The van der Waals surface area contributed by atoms with Gasteiger partial charge in [0.1, 0.15) is 0 Å². The number of hydrogen-bond donors (Lipinski definition) is 2. The number of para-hydroxylation sites is 1. The molecule has 0 atom stereocenters. The molecule has 0 saturated heterocycles. The van der Waals surface area contributed by atoms with E-state index in [-0.39, 0.29) is 45.8 Å². The van der Waals surface area contributed by atoms with Gasteiger partial charge < -0.3 is 10.4 Å². The van der Waals surface area contributed by atoms with E-state index in [0.29, 0.717) is 5.56 Å². The summed E-state index contributed by atoms with van der Waals surface area (Å²) < 4.78 is 0. The second-order valence-electron chi connectivity index (χ2n) is 6.41. The Morgan fingerprint density at radius 2 is 1.70 bits per heavy atom. The van der Waals surface area contributed by atoms with E-state index in [2.05, 4.69) is 10.3 Å². The van der Waals surface area contributed by atoms with Crippen molar-refractivity contribution in [3.63, 3.8) is 0 Å². The zero-order chi connectivity index (χ0) is 20.4. The number of halogens is 1. The van der Waals surface area contributed by atoms with Gasteiger partial charge in [-0.05, 0) is 42.0 Å². The summed E-state index contributed by atoms with van der Waals surface area (Å²) in [4.78, 5) is 28.7. The predicted octanol–water partition coefficient (Wildman–Crippen LogP) is 5.12. The van der Waals surface area contributed by atoms with Gasteiger partial charge in [-0.3, -0.25) is 9.78 Å². The van der Waals surface area contributed by atoms with E-state index < -0.39 is 11.9 Å². The van der Waals surface area contributed by atoms with Crippen LogP contribution in [0.3, 0.4) is 0 Å². The summed E-state index contributed by atoms with van der Waals surface area (Å²) >= 11 is 5.87. The summed E-state index contributed by atoms with van der Waals surface area (Å²) in [6.07, 6.45) is 1.73. The van der Waals surface area contributed by atoms with E-state index in [1.54, 1.807) is 24.4 Å². The number of carboxylic acid groups (broad SMARTS) is 1. The Labute approximate surface area is 200 Å². The van der Waals surface area contributed by atoms with Crippen LogP contribution in [0.2, 0.25) is 5.02 Å². The molecule has 1 amide bonds. The van der Waals surface area contributed by atoms with Gasteiger partial charge in [-0.1, -0.05) is 48.0 Å². The molecule has 30 heavy (non-hydrogen) atoms. The normalized spacial score (nSPS) is 10.3. The smallest absolute Gasteiger partial charge is 0.337 e. The van der Waals surface area contributed by atoms with Crippen LogP contribution < -0.4 is 5.32 Å². The average Bonchev–Trinajstić information content (AvgIpc) is 2.74. The van der Waals surface area contributed by atoms with E-state index in [1.165, 1.54) is 18.2 Å². The fourth-order valence-corrected chi connectivity index (χ4v) is 3.33. The van der Waals surface area contributed by atoms with Gasteiger partial charge in [0.25, 0.3) is 5.91 Å². The second-order valence-corrected chi connectivity index (χ2v) is 6.85. The fourth-order valence-electron chi connectivity index (χ4n) is 3.16. The Hall–Kier alpha value is -2.70. The number of benzene rings is 3. The van der Waals surface area contributed by atoms with Crippen LogP contribution in [0, 0.1) is 0 Å². The van der Waals surface area contributed by atoms with Crippen molar-refractivity contribution in [1.29, 1.82) is 0 Å². The quantitative estimate of drug-likeness (QED) is 0.444. The topological polar surface area (TPSA) is 79.3 Å². The molecule has 0 aliphatic rings. The van der Waals surface area contributed by atoms with Gasteiger partial charge in [0.15, 0.2) is 0 Å². The number of rotatable bonds is 4. The Kier molecular flexibility index (Phi) is 6.90. The maximum Gasteiger partial charge on any atom is 0.337 e. The molecule has 4 rings (SSSR count). The van der Waals surface area contributed by atoms with Crippen molar-refractivity contribution < 1.29 is 14.7 Å². The summed E-state index contributed by atoms with van der Waals surface area (Å²) in [6, 6.07) is 21.2. The predicted molar refractivity (Wildman–Crippen MR) is 119 cm³/mol. The number of hydrogen-bond acceptors (Lipinski definition) is 3. The monoisotopic (exact) mass is 425 g/mol. The van der Waals surface area contributed by atoms with Crippen LogP contribution in [-0.4, -0.2) is 51.5 Å². The van der Waals surface area contributed by atoms with Crippen molar-refractivity contribution in [3.05, 3.63) is 95.1 Å². The van der Waals surface area contributed by atoms with Crippen molar-refractivity contribution in [3.8, 4) is 11.1 Å². The number of nitrogens with zero attached hydrogens (tertiary/aromatic N) is 1. The maximum atomic E-state index is 12.8. The van der Waals surface area contributed by atoms with Gasteiger partial charge in [-0.25, -0.2) is 4.79 Å². The first-order chi connectivity index (χ1) is 14.0. The fraction of sp³-hybridized carbons (Fsp3) is 0. The number of nitrogens with one attached hydrogen (secondary N) is 1. The third-order valence-corrected chi connectivity index (χ3v) is 4.76. The number of carbonyl (C=O) groups excluding carboxylic acids is 1. The molecular formula is C23H15ClN2NaO3. The van der Waals surface area contributed by atoms with Crippen LogP contribution in [0.15, 0.2) is 79.0 Å². The Balaban J connectivity index is 0.00000256. The van der Waals surface area contributed by atoms with Crippen molar-refractivity contribution >= 4 is 69.6 Å². The van der Waals surface area contributed by atoms with Crippen LogP contribution in [0.4, 0.5) is 5.69 Å². The van der Waals surface area contributed by atoms with Crippen LogP contribution in [0.5, 0.6) is 0 Å². The van der Waals surface area contributed by atoms with Crippen LogP contribution in [0.1, 0.15) is 20.7 Å². The van der Waals surface area contributed by atoms with Crippen molar-refractivity contribution in [2.45, 2.75) is 0 Å². The minimum absolute atomic E-state index is 0. The average molecular weight is 426 g/mol. The minimum Gasteiger partial charge on any atom is -0.478 e. The Morgan fingerprint density at radius 1 is 0.933 bits per heavy atom. The summed E-state index contributed by atoms with van der Waals surface area (Å²) in [5.41, 5.74) is 3.12. The standard InChI is InChI=1S/C23H15ClN2O3.Na/c24-17-9-10-20(19(13-17)23(28)29)26-22(27)16-6-1-5-15(12-16)18-8-2-4-14-7-3-11-25-21(14)18;/h1-13H,(H,26,27)(H,28,29);. The maximum absolute atomic E-state index is 12.8. The first-order valence-corrected chi connectivity index (χ1v) is 9.19. The molecule has 0 bridgehead atoms. The van der Waals surface area contributed by atoms with Crippen molar-refractivity contribution in [2.75, 3.05) is 5.32 Å². The molecule has 7 heteroatoms. The third kappa shape index (κ3) is 4.55. The molecule has 0 fully saturated rings. The molecule has 1 heterocycles. The van der Waals surface area contributed by atoms with E-state index in [9.17, 15) is 14.7 Å². The first-order valence-electron chi connectivity index (χ1n) is 8.81. The second kappa shape index (κ2) is 9.41. The largest absolute Gasteiger partial charge is 0.478 e. The molecular weight excluding hydrogens is 411 g/mol. The van der Waals surface area contributed by atoms with Gasteiger partial charge in [0.2, 0.25) is 0 Å². The number of carboxylic acids is 1. The van der Waals surface area contributed by atoms with Gasteiger partial charge in [-0.15, -0.1) is 0 Å². The molecule has 0 aliphatic carbocycles. The molecule has 0 saturated carbocycles. The number of fused-ring (bicyclic) bond motifs is 1. The van der Waals surface area contributed by atoms with Gasteiger partial charge in [0.05, 0.1) is 16.8 Å². The van der Waals surface area contributed by atoms with Gasteiger partial charge in [0, 0.05) is 57.3 Å². The molecule has 4 aromatic rings. The molecule has 2 N–H and O–H groups in total. The molecule has 0 unspecified atom stereocenters. The zero-order valence-electron chi connectivity index (χ0n) is 16.1. The zero-order valence-corrected chi connectivity index (χ0v) is 18.9. The summed E-state index contributed by atoms with van der Waals surface area (Å²) in [7, 11) is 0. The van der Waals surface area contributed by atoms with Gasteiger partial charge >= 0.3 is 5.97 Å². The van der Waals surface area contributed by atoms with E-state index in [0.717, 1.165) is 22.0 Å². The third-order valence-electron chi connectivity index (χ3n) is 4.53. The number of pyridine rings is 1. The van der Waals surface area contributed by atoms with E-state index >= 15 is 0 Å². The molecule has 5 nitrogen and oxygen atoms in total. The summed E-state index contributed by atoms with van der Waals surface area (Å²) in [5.74, 6) is -1.58. The Bertz CT molecular complexity index is 1250. The number of amides is 1. The molecule has 1 aromatic heterocycles. The number of anilines is 1.